The lowest BCUT2D eigenvalue weighted by Crippen LogP contribution is -2.36. The van der Waals surface area contributed by atoms with Gasteiger partial charge >= 0.3 is 0 Å². The molecule has 18 heavy (non-hydrogen) atoms. The van der Waals surface area contributed by atoms with E-state index in [1.165, 1.54) is 5.56 Å². The SMILES string of the molecule is CC[C@H](CO)NC(CC(C)(C)C)c1ccccc1. The van der Waals surface area contributed by atoms with Gasteiger partial charge in [0.05, 0.1) is 6.61 Å². The molecule has 1 aromatic carbocycles. The Labute approximate surface area is 111 Å². The van der Waals surface area contributed by atoms with Crippen LogP contribution in [0.1, 0.15) is 52.1 Å². The summed E-state index contributed by atoms with van der Waals surface area (Å²) in [7, 11) is 0. The van der Waals surface area contributed by atoms with E-state index in [0.717, 1.165) is 12.8 Å². The van der Waals surface area contributed by atoms with E-state index in [0.29, 0.717) is 6.04 Å². The highest BCUT2D eigenvalue weighted by atomic mass is 16.3. The van der Waals surface area contributed by atoms with Crippen LogP contribution in [-0.4, -0.2) is 17.8 Å². The summed E-state index contributed by atoms with van der Waals surface area (Å²) in [5, 5.41) is 12.9. The maximum Gasteiger partial charge on any atom is 0.0584 e. The lowest BCUT2D eigenvalue weighted by atomic mass is 9.85. The normalized spacial score (nSPS) is 15.4. The summed E-state index contributed by atoms with van der Waals surface area (Å²) in [6.45, 7) is 9.07. The molecule has 0 aliphatic rings. The molecule has 0 aliphatic heterocycles. The summed E-state index contributed by atoms with van der Waals surface area (Å²) in [6.07, 6.45) is 2.01. The molecule has 1 rings (SSSR count). The average molecular weight is 249 g/mol. The Morgan fingerprint density at radius 3 is 2.22 bits per heavy atom. The molecule has 0 bridgehead atoms. The Morgan fingerprint density at radius 1 is 1.17 bits per heavy atom. The van der Waals surface area contributed by atoms with Crippen LogP contribution in [0.15, 0.2) is 30.3 Å². The first-order valence-corrected chi connectivity index (χ1v) is 6.88. The van der Waals surface area contributed by atoms with Crippen molar-refractivity contribution in [2.24, 2.45) is 5.41 Å². The fourth-order valence-corrected chi connectivity index (χ4v) is 2.15. The lowest BCUT2D eigenvalue weighted by molar-refractivity contribution is 0.210. The zero-order valence-electron chi connectivity index (χ0n) is 12.1. The molecule has 1 unspecified atom stereocenters. The largest absolute Gasteiger partial charge is 0.395 e. The summed E-state index contributed by atoms with van der Waals surface area (Å²) in [4.78, 5) is 0. The first-order chi connectivity index (χ1) is 8.46. The van der Waals surface area contributed by atoms with Crippen LogP contribution in [0.3, 0.4) is 0 Å². The van der Waals surface area contributed by atoms with Crippen molar-refractivity contribution in [2.75, 3.05) is 6.61 Å². The van der Waals surface area contributed by atoms with E-state index >= 15 is 0 Å². The maximum absolute atomic E-state index is 9.36. The van der Waals surface area contributed by atoms with Crippen LogP contribution in [0.25, 0.3) is 0 Å². The second-order valence-corrected chi connectivity index (χ2v) is 6.18. The van der Waals surface area contributed by atoms with E-state index in [-0.39, 0.29) is 18.1 Å². The molecule has 0 radical (unpaired) electrons. The predicted molar refractivity (Wildman–Crippen MR) is 77.6 cm³/mol. The highest BCUT2D eigenvalue weighted by molar-refractivity contribution is 5.19. The Balaban J connectivity index is 2.82. The van der Waals surface area contributed by atoms with Crippen LogP contribution in [0, 0.1) is 5.41 Å². The standard InChI is InChI=1S/C16H27NO/c1-5-14(12-18)17-15(11-16(2,3)4)13-9-7-6-8-10-13/h6-10,14-15,17-18H,5,11-12H2,1-4H3/t14-,15?/m1/s1. The average Bonchev–Trinajstić information content (AvgIpc) is 2.34. The van der Waals surface area contributed by atoms with Gasteiger partial charge in [-0.25, -0.2) is 0 Å². The third-order valence-corrected chi connectivity index (χ3v) is 3.17. The van der Waals surface area contributed by atoms with Crippen LogP contribution in [0.2, 0.25) is 0 Å². The van der Waals surface area contributed by atoms with Gasteiger partial charge in [0.1, 0.15) is 0 Å². The van der Waals surface area contributed by atoms with Gasteiger partial charge in [0.15, 0.2) is 0 Å². The van der Waals surface area contributed by atoms with E-state index in [9.17, 15) is 5.11 Å². The molecule has 0 saturated heterocycles. The number of benzene rings is 1. The zero-order valence-corrected chi connectivity index (χ0v) is 12.1. The molecule has 2 nitrogen and oxygen atoms in total. The number of hydrogen-bond acceptors (Lipinski definition) is 2. The van der Waals surface area contributed by atoms with Crippen molar-refractivity contribution in [1.82, 2.24) is 5.32 Å². The molecule has 1 aromatic rings. The number of rotatable bonds is 6. The van der Waals surface area contributed by atoms with Crippen LogP contribution >= 0.6 is 0 Å². The zero-order chi connectivity index (χ0) is 13.6. The van der Waals surface area contributed by atoms with Crippen LogP contribution in [0.4, 0.5) is 0 Å². The fraction of sp³-hybridized carbons (Fsp3) is 0.625. The molecule has 0 fully saturated rings. The molecule has 102 valence electrons. The lowest BCUT2D eigenvalue weighted by Gasteiger charge is -2.30. The fourth-order valence-electron chi connectivity index (χ4n) is 2.15. The molecule has 0 amide bonds. The molecule has 0 spiro atoms. The first kappa shape index (κ1) is 15.2. The smallest absolute Gasteiger partial charge is 0.0584 e. The molecule has 0 aromatic heterocycles. The van der Waals surface area contributed by atoms with Gasteiger partial charge < -0.3 is 10.4 Å². The van der Waals surface area contributed by atoms with Crippen molar-refractivity contribution in [2.45, 2.75) is 52.6 Å². The summed E-state index contributed by atoms with van der Waals surface area (Å²) < 4.78 is 0. The second kappa shape index (κ2) is 6.91. The number of aliphatic hydroxyl groups is 1. The molecule has 2 atom stereocenters. The van der Waals surface area contributed by atoms with E-state index in [1.807, 2.05) is 6.07 Å². The van der Waals surface area contributed by atoms with Gasteiger partial charge in [-0.3, -0.25) is 0 Å². The third-order valence-electron chi connectivity index (χ3n) is 3.17. The maximum atomic E-state index is 9.36. The molecule has 2 heteroatoms. The van der Waals surface area contributed by atoms with Gasteiger partial charge in [0.2, 0.25) is 0 Å². The minimum absolute atomic E-state index is 0.178. The molecule has 0 heterocycles. The predicted octanol–water partition coefficient (Wildman–Crippen LogP) is 3.52. The summed E-state index contributed by atoms with van der Waals surface area (Å²) >= 11 is 0. The molecular weight excluding hydrogens is 222 g/mol. The molecular formula is C16H27NO. The van der Waals surface area contributed by atoms with Crippen molar-refractivity contribution in [3.8, 4) is 0 Å². The Morgan fingerprint density at radius 2 is 1.78 bits per heavy atom. The highest BCUT2D eigenvalue weighted by Crippen LogP contribution is 2.29. The van der Waals surface area contributed by atoms with E-state index in [1.54, 1.807) is 0 Å². The van der Waals surface area contributed by atoms with Gasteiger partial charge in [0.25, 0.3) is 0 Å². The third kappa shape index (κ3) is 5.19. The quantitative estimate of drug-likeness (QED) is 0.808. The highest BCUT2D eigenvalue weighted by Gasteiger charge is 2.21. The second-order valence-electron chi connectivity index (χ2n) is 6.18. The van der Waals surface area contributed by atoms with Crippen LogP contribution in [0.5, 0.6) is 0 Å². The van der Waals surface area contributed by atoms with Gasteiger partial charge in [-0.1, -0.05) is 58.0 Å². The molecule has 0 saturated carbocycles. The van der Waals surface area contributed by atoms with Gasteiger partial charge in [-0.05, 0) is 23.8 Å². The summed E-state index contributed by atoms with van der Waals surface area (Å²) in [6, 6.07) is 11.0. The van der Waals surface area contributed by atoms with Gasteiger partial charge in [-0.2, -0.15) is 0 Å². The van der Waals surface area contributed by atoms with Gasteiger partial charge in [0, 0.05) is 12.1 Å². The summed E-state index contributed by atoms with van der Waals surface area (Å²) in [5.41, 5.74) is 1.57. The Bertz CT molecular complexity index is 325. The summed E-state index contributed by atoms with van der Waals surface area (Å²) in [5.74, 6) is 0. The van der Waals surface area contributed by atoms with Crippen molar-refractivity contribution in [1.29, 1.82) is 0 Å². The molecule has 0 aliphatic carbocycles. The monoisotopic (exact) mass is 249 g/mol. The number of aliphatic hydroxyl groups excluding tert-OH is 1. The number of hydrogen-bond donors (Lipinski definition) is 2. The Hall–Kier alpha value is -0.860. The Kier molecular flexibility index (Phi) is 5.83. The minimum Gasteiger partial charge on any atom is -0.395 e. The van der Waals surface area contributed by atoms with E-state index in [4.69, 9.17) is 0 Å². The minimum atomic E-state index is 0.178. The van der Waals surface area contributed by atoms with Crippen molar-refractivity contribution < 1.29 is 5.11 Å². The van der Waals surface area contributed by atoms with Gasteiger partial charge in [-0.15, -0.1) is 0 Å². The van der Waals surface area contributed by atoms with Crippen molar-refractivity contribution >= 4 is 0 Å². The van der Waals surface area contributed by atoms with Crippen molar-refractivity contribution in [3.63, 3.8) is 0 Å². The van der Waals surface area contributed by atoms with Crippen LogP contribution < -0.4 is 5.32 Å². The molecule has 2 N–H and O–H groups in total. The van der Waals surface area contributed by atoms with Crippen LogP contribution in [-0.2, 0) is 0 Å². The van der Waals surface area contributed by atoms with E-state index in [2.05, 4.69) is 57.3 Å². The topological polar surface area (TPSA) is 32.3 Å². The first-order valence-electron chi connectivity index (χ1n) is 6.88. The van der Waals surface area contributed by atoms with E-state index < -0.39 is 0 Å². The van der Waals surface area contributed by atoms with Crippen molar-refractivity contribution in [3.05, 3.63) is 35.9 Å². The number of nitrogens with one attached hydrogen (secondary N) is 1.